The molecule has 0 saturated heterocycles. The van der Waals surface area contributed by atoms with Gasteiger partial charge in [-0.15, -0.1) is 0 Å². The summed E-state index contributed by atoms with van der Waals surface area (Å²) in [5, 5.41) is 3.55. The first-order valence-corrected chi connectivity index (χ1v) is 6.31. The molecule has 2 heteroatoms. The molecule has 2 rings (SSSR count). The van der Waals surface area contributed by atoms with Gasteiger partial charge >= 0.3 is 0 Å². The van der Waals surface area contributed by atoms with Crippen molar-refractivity contribution in [3.63, 3.8) is 0 Å². The van der Waals surface area contributed by atoms with Gasteiger partial charge in [-0.25, -0.2) is 0 Å². The van der Waals surface area contributed by atoms with E-state index in [0.29, 0.717) is 6.04 Å². The zero-order chi connectivity index (χ0) is 11.4. The van der Waals surface area contributed by atoms with Gasteiger partial charge in [0.2, 0.25) is 0 Å². The van der Waals surface area contributed by atoms with Crippen LogP contribution in [0.15, 0.2) is 24.3 Å². The van der Waals surface area contributed by atoms with Crippen LogP contribution >= 0.6 is 0 Å². The van der Waals surface area contributed by atoms with Crippen LogP contribution < -0.4 is 11.1 Å². The lowest BCUT2D eigenvalue weighted by Crippen LogP contribution is -2.31. The Balaban J connectivity index is 1.85. The van der Waals surface area contributed by atoms with Gasteiger partial charge in [0, 0.05) is 18.3 Å². The van der Waals surface area contributed by atoms with E-state index in [0.717, 1.165) is 12.5 Å². The van der Waals surface area contributed by atoms with E-state index in [1.807, 2.05) is 0 Å². The number of hydrogen-bond donors (Lipinski definition) is 2. The van der Waals surface area contributed by atoms with Crippen molar-refractivity contribution in [2.75, 3.05) is 11.9 Å². The topological polar surface area (TPSA) is 38.0 Å². The molecular weight excluding hydrogens is 196 g/mol. The van der Waals surface area contributed by atoms with E-state index < -0.39 is 0 Å². The molecule has 0 bridgehead atoms. The third-order valence-corrected chi connectivity index (χ3v) is 3.55. The maximum Gasteiger partial charge on any atom is 0.0369 e. The Morgan fingerprint density at radius 2 is 2.12 bits per heavy atom. The highest BCUT2D eigenvalue weighted by atomic mass is 14.9. The van der Waals surface area contributed by atoms with E-state index in [1.165, 1.54) is 36.9 Å². The Morgan fingerprint density at radius 1 is 1.31 bits per heavy atom. The van der Waals surface area contributed by atoms with Crippen LogP contribution in [0.5, 0.6) is 0 Å². The van der Waals surface area contributed by atoms with Crippen LogP contribution in [0, 0.1) is 12.8 Å². The Morgan fingerprint density at radius 3 is 2.88 bits per heavy atom. The highest BCUT2D eigenvalue weighted by molar-refractivity contribution is 5.50. The molecule has 1 aromatic rings. The molecule has 1 aliphatic rings. The van der Waals surface area contributed by atoms with Crippen molar-refractivity contribution in [1.82, 2.24) is 0 Å². The van der Waals surface area contributed by atoms with Crippen LogP contribution in [-0.4, -0.2) is 12.6 Å². The molecule has 2 atom stereocenters. The minimum Gasteiger partial charge on any atom is -0.385 e. The third kappa shape index (κ3) is 2.99. The Bertz CT molecular complexity index is 335. The summed E-state index contributed by atoms with van der Waals surface area (Å²) in [6, 6.07) is 8.89. The normalized spacial score (nSPS) is 25.4. The summed E-state index contributed by atoms with van der Waals surface area (Å²) in [7, 11) is 0. The number of anilines is 1. The lowest BCUT2D eigenvalue weighted by molar-refractivity contribution is 0.335. The Hall–Kier alpha value is -1.02. The molecule has 1 fully saturated rings. The molecule has 0 aliphatic heterocycles. The summed E-state index contributed by atoms with van der Waals surface area (Å²) in [6.45, 7) is 3.22. The number of rotatable bonds is 3. The number of hydrogen-bond acceptors (Lipinski definition) is 2. The van der Waals surface area contributed by atoms with Gasteiger partial charge in [-0.2, -0.15) is 0 Å². The maximum atomic E-state index is 6.00. The number of benzene rings is 1. The molecule has 2 nitrogen and oxygen atoms in total. The average molecular weight is 218 g/mol. The molecule has 3 N–H and O–H groups in total. The first kappa shape index (κ1) is 11.5. The number of nitrogens with one attached hydrogen (secondary N) is 1. The molecule has 0 amide bonds. The summed E-state index contributed by atoms with van der Waals surface area (Å²) in [6.07, 6.45) is 5.01. The predicted molar refractivity (Wildman–Crippen MR) is 69.6 cm³/mol. The molecule has 0 spiro atoms. The summed E-state index contributed by atoms with van der Waals surface area (Å²) >= 11 is 0. The molecule has 1 saturated carbocycles. The maximum absolute atomic E-state index is 6.00. The second kappa shape index (κ2) is 5.35. The fourth-order valence-corrected chi connectivity index (χ4v) is 2.54. The van der Waals surface area contributed by atoms with Crippen LogP contribution in [0.25, 0.3) is 0 Å². The predicted octanol–water partition coefficient (Wildman–Crippen LogP) is 2.92. The fraction of sp³-hybridized carbons (Fsp3) is 0.571. The van der Waals surface area contributed by atoms with Crippen LogP contribution in [0.4, 0.5) is 5.69 Å². The van der Waals surface area contributed by atoms with E-state index in [-0.39, 0.29) is 0 Å². The van der Waals surface area contributed by atoms with Gasteiger partial charge in [0.05, 0.1) is 0 Å². The second-order valence-electron chi connectivity index (χ2n) is 4.99. The van der Waals surface area contributed by atoms with Gasteiger partial charge in [0.25, 0.3) is 0 Å². The standard InChI is InChI=1S/C14H22N2/c1-11-5-2-3-8-14(11)16-10-12-6-4-7-13(15)9-12/h2-3,5,8,12-13,16H,4,6-7,9-10,15H2,1H3. The van der Waals surface area contributed by atoms with Crippen molar-refractivity contribution in [2.45, 2.75) is 38.6 Å². The number of nitrogens with two attached hydrogens (primary N) is 1. The summed E-state index contributed by atoms with van der Waals surface area (Å²) in [4.78, 5) is 0. The molecule has 1 aliphatic carbocycles. The van der Waals surface area contributed by atoms with Crippen molar-refractivity contribution < 1.29 is 0 Å². The number of aryl methyl sites for hydroxylation is 1. The van der Waals surface area contributed by atoms with E-state index >= 15 is 0 Å². The van der Waals surface area contributed by atoms with Crippen LogP contribution in [0.1, 0.15) is 31.2 Å². The highest BCUT2D eigenvalue weighted by Gasteiger charge is 2.18. The molecule has 16 heavy (non-hydrogen) atoms. The van der Waals surface area contributed by atoms with Gasteiger partial charge in [-0.3, -0.25) is 0 Å². The van der Waals surface area contributed by atoms with Crippen LogP contribution in [0.2, 0.25) is 0 Å². The van der Waals surface area contributed by atoms with E-state index in [1.54, 1.807) is 0 Å². The summed E-state index contributed by atoms with van der Waals surface area (Å²) in [5.74, 6) is 0.753. The molecule has 0 radical (unpaired) electrons. The minimum absolute atomic E-state index is 0.428. The lowest BCUT2D eigenvalue weighted by Gasteiger charge is -2.27. The SMILES string of the molecule is Cc1ccccc1NCC1CCCC(N)C1. The van der Waals surface area contributed by atoms with Crippen molar-refractivity contribution in [2.24, 2.45) is 11.7 Å². The van der Waals surface area contributed by atoms with Gasteiger partial charge in [0.15, 0.2) is 0 Å². The van der Waals surface area contributed by atoms with Crippen molar-refractivity contribution in [3.8, 4) is 0 Å². The smallest absolute Gasteiger partial charge is 0.0369 e. The van der Waals surface area contributed by atoms with Crippen molar-refractivity contribution in [3.05, 3.63) is 29.8 Å². The summed E-state index contributed by atoms with van der Waals surface area (Å²) < 4.78 is 0. The molecule has 2 unspecified atom stereocenters. The first-order valence-electron chi connectivity index (χ1n) is 6.31. The van der Waals surface area contributed by atoms with E-state index in [4.69, 9.17) is 5.73 Å². The zero-order valence-corrected chi connectivity index (χ0v) is 10.1. The Kier molecular flexibility index (Phi) is 3.83. The third-order valence-electron chi connectivity index (χ3n) is 3.55. The number of para-hydroxylation sites is 1. The fourth-order valence-electron chi connectivity index (χ4n) is 2.54. The van der Waals surface area contributed by atoms with E-state index in [2.05, 4.69) is 36.5 Å². The molecule has 1 aromatic carbocycles. The first-order chi connectivity index (χ1) is 7.75. The zero-order valence-electron chi connectivity index (χ0n) is 10.1. The second-order valence-corrected chi connectivity index (χ2v) is 4.99. The monoisotopic (exact) mass is 218 g/mol. The van der Waals surface area contributed by atoms with Crippen LogP contribution in [0.3, 0.4) is 0 Å². The quantitative estimate of drug-likeness (QED) is 0.818. The van der Waals surface area contributed by atoms with Gasteiger partial charge < -0.3 is 11.1 Å². The molecule has 0 aromatic heterocycles. The van der Waals surface area contributed by atoms with Gasteiger partial charge in [0.1, 0.15) is 0 Å². The molecular formula is C14H22N2. The largest absolute Gasteiger partial charge is 0.385 e. The lowest BCUT2D eigenvalue weighted by atomic mass is 9.86. The average Bonchev–Trinajstić information content (AvgIpc) is 2.28. The van der Waals surface area contributed by atoms with Crippen molar-refractivity contribution in [1.29, 1.82) is 0 Å². The minimum atomic E-state index is 0.428. The van der Waals surface area contributed by atoms with Crippen molar-refractivity contribution >= 4 is 5.69 Å². The Labute approximate surface area is 98.2 Å². The molecule has 88 valence electrons. The highest BCUT2D eigenvalue weighted by Crippen LogP contribution is 2.24. The summed E-state index contributed by atoms with van der Waals surface area (Å²) in [5.41, 5.74) is 8.58. The van der Waals surface area contributed by atoms with E-state index in [9.17, 15) is 0 Å². The van der Waals surface area contributed by atoms with Gasteiger partial charge in [-0.05, 0) is 43.7 Å². The van der Waals surface area contributed by atoms with Gasteiger partial charge in [-0.1, -0.05) is 24.6 Å². The van der Waals surface area contributed by atoms with Crippen LogP contribution in [-0.2, 0) is 0 Å². The molecule has 0 heterocycles.